The molecule has 2 aliphatic rings. The molecule has 5 heteroatoms. The molecule has 114 valence electrons. The van der Waals surface area contributed by atoms with Gasteiger partial charge in [0, 0.05) is 30.9 Å². The summed E-state index contributed by atoms with van der Waals surface area (Å²) in [6.45, 7) is 3.07. The van der Waals surface area contributed by atoms with Crippen molar-refractivity contribution in [1.29, 1.82) is 0 Å². The van der Waals surface area contributed by atoms with Gasteiger partial charge >= 0.3 is 0 Å². The first-order chi connectivity index (χ1) is 9.99. The van der Waals surface area contributed by atoms with Gasteiger partial charge in [-0.3, -0.25) is 9.78 Å². The fourth-order valence-electron chi connectivity index (χ4n) is 3.61. The highest BCUT2D eigenvalue weighted by atomic mass is 35.5. The Morgan fingerprint density at radius 3 is 3.05 bits per heavy atom. The van der Waals surface area contributed by atoms with Gasteiger partial charge in [-0.1, -0.05) is 24.4 Å². The third-order valence-corrected chi connectivity index (χ3v) is 5.25. The van der Waals surface area contributed by atoms with Crippen LogP contribution < -0.4 is 0 Å². The van der Waals surface area contributed by atoms with Gasteiger partial charge in [-0.05, 0) is 32.3 Å². The number of aryl methyl sites for hydroxylation is 1. The van der Waals surface area contributed by atoms with Crippen molar-refractivity contribution in [2.24, 2.45) is 5.92 Å². The zero-order valence-electron chi connectivity index (χ0n) is 12.3. The first kappa shape index (κ1) is 14.8. The van der Waals surface area contributed by atoms with Gasteiger partial charge in [0.2, 0.25) is 0 Å². The highest BCUT2D eigenvalue weighted by Crippen LogP contribution is 2.40. The molecule has 1 saturated heterocycles. The van der Waals surface area contributed by atoms with Crippen LogP contribution in [0, 0.1) is 12.8 Å². The number of hydrogen-bond donors (Lipinski definition) is 1. The van der Waals surface area contributed by atoms with Gasteiger partial charge in [0.1, 0.15) is 0 Å². The molecule has 1 amide bonds. The van der Waals surface area contributed by atoms with Gasteiger partial charge in [0.25, 0.3) is 5.91 Å². The summed E-state index contributed by atoms with van der Waals surface area (Å²) in [4.78, 5) is 18.6. The van der Waals surface area contributed by atoms with E-state index in [1.807, 2.05) is 11.8 Å². The number of halogens is 1. The maximum Gasteiger partial charge on any atom is 0.256 e. The number of piperidine rings is 1. The first-order valence-electron chi connectivity index (χ1n) is 7.63. The second-order valence-electron chi connectivity index (χ2n) is 6.35. The summed E-state index contributed by atoms with van der Waals surface area (Å²) in [6, 6.07) is 1.72. The van der Waals surface area contributed by atoms with Crippen molar-refractivity contribution >= 4 is 17.5 Å². The number of nitrogens with zero attached hydrogens (tertiary/aromatic N) is 2. The van der Waals surface area contributed by atoms with Crippen molar-refractivity contribution in [2.75, 3.05) is 13.1 Å². The minimum absolute atomic E-state index is 0.0693. The number of pyridine rings is 1. The van der Waals surface area contributed by atoms with Crippen LogP contribution in [0.25, 0.3) is 0 Å². The largest absolute Gasteiger partial charge is 0.389 e. The fraction of sp³-hybridized carbons (Fsp3) is 0.625. The van der Waals surface area contributed by atoms with Crippen molar-refractivity contribution in [1.82, 2.24) is 9.88 Å². The fourth-order valence-corrected chi connectivity index (χ4v) is 3.90. The molecule has 1 aliphatic carbocycles. The Labute approximate surface area is 130 Å². The second-order valence-corrected chi connectivity index (χ2v) is 6.76. The lowest BCUT2D eigenvalue weighted by Gasteiger charge is -2.47. The third kappa shape index (κ3) is 2.79. The smallest absolute Gasteiger partial charge is 0.256 e. The molecular weight excluding hydrogens is 288 g/mol. The number of amides is 1. The molecule has 2 heterocycles. The number of hydrogen-bond acceptors (Lipinski definition) is 3. The van der Waals surface area contributed by atoms with Crippen LogP contribution in [0.3, 0.4) is 0 Å². The van der Waals surface area contributed by atoms with Crippen LogP contribution in [0.5, 0.6) is 0 Å². The number of fused-ring (bicyclic) bond motifs is 1. The number of likely N-dealkylation sites (tertiary alicyclic amines) is 1. The minimum atomic E-state index is -0.565. The Morgan fingerprint density at radius 1 is 1.48 bits per heavy atom. The van der Waals surface area contributed by atoms with Gasteiger partial charge in [-0.2, -0.15) is 0 Å². The molecule has 0 bridgehead atoms. The van der Waals surface area contributed by atoms with E-state index >= 15 is 0 Å². The minimum Gasteiger partial charge on any atom is -0.389 e. The molecule has 1 N–H and O–H groups in total. The van der Waals surface area contributed by atoms with Crippen LogP contribution in [0.2, 0.25) is 5.02 Å². The lowest BCUT2D eigenvalue weighted by molar-refractivity contribution is -0.0886. The van der Waals surface area contributed by atoms with Crippen LogP contribution in [0.1, 0.15) is 48.2 Å². The SMILES string of the molecule is Cc1cc(Cl)c(C(=O)N2CCC3(O)CCCCC3C2)cn1. The van der Waals surface area contributed by atoms with Gasteiger partial charge in [0.15, 0.2) is 0 Å². The number of carbonyl (C=O) groups is 1. The molecular formula is C16H21ClN2O2. The Balaban J connectivity index is 1.77. The zero-order valence-corrected chi connectivity index (χ0v) is 13.1. The molecule has 1 aliphatic heterocycles. The van der Waals surface area contributed by atoms with E-state index in [-0.39, 0.29) is 11.8 Å². The normalized spacial score (nSPS) is 29.1. The van der Waals surface area contributed by atoms with Crippen LogP contribution in [0.15, 0.2) is 12.3 Å². The predicted molar refractivity (Wildman–Crippen MR) is 81.4 cm³/mol. The number of aliphatic hydroxyl groups is 1. The molecule has 2 fully saturated rings. The summed E-state index contributed by atoms with van der Waals surface area (Å²) in [5.41, 5.74) is 0.699. The van der Waals surface area contributed by atoms with E-state index in [9.17, 15) is 9.90 Å². The summed E-state index contributed by atoms with van der Waals surface area (Å²) < 4.78 is 0. The van der Waals surface area contributed by atoms with E-state index in [1.165, 1.54) is 0 Å². The van der Waals surface area contributed by atoms with E-state index in [0.29, 0.717) is 30.1 Å². The molecule has 0 aromatic carbocycles. The van der Waals surface area contributed by atoms with Crippen LogP contribution in [-0.4, -0.2) is 39.6 Å². The van der Waals surface area contributed by atoms with E-state index in [0.717, 1.165) is 31.4 Å². The van der Waals surface area contributed by atoms with Gasteiger partial charge in [-0.25, -0.2) is 0 Å². The van der Waals surface area contributed by atoms with Gasteiger partial charge < -0.3 is 10.0 Å². The monoisotopic (exact) mass is 308 g/mol. The maximum absolute atomic E-state index is 12.6. The molecule has 4 nitrogen and oxygen atoms in total. The van der Waals surface area contributed by atoms with Crippen LogP contribution in [0.4, 0.5) is 0 Å². The Bertz CT molecular complexity index is 563. The predicted octanol–water partition coefficient (Wildman–Crippen LogP) is 2.81. The highest BCUT2D eigenvalue weighted by molar-refractivity contribution is 6.33. The summed E-state index contributed by atoms with van der Waals surface area (Å²) in [6.07, 6.45) is 6.32. The molecule has 2 unspecified atom stereocenters. The lowest BCUT2D eigenvalue weighted by atomic mass is 9.71. The van der Waals surface area contributed by atoms with Crippen LogP contribution >= 0.6 is 11.6 Å². The van der Waals surface area contributed by atoms with Gasteiger partial charge in [0.05, 0.1) is 16.2 Å². The number of aromatic nitrogens is 1. The topological polar surface area (TPSA) is 53.4 Å². The zero-order chi connectivity index (χ0) is 15.0. The van der Waals surface area contributed by atoms with Crippen molar-refractivity contribution in [3.63, 3.8) is 0 Å². The van der Waals surface area contributed by atoms with Crippen molar-refractivity contribution < 1.29 is 9.90 Å². The van der Waals surface area contributed by atoms with Gasteiger partial charge in [-0.15, -0.1) is 0 Å². The average Bonchev–Trinajstić information content (AvgIpc) is 2.45. The second kappa shape index (κ2) is 5.58. The average molecular weight is 309 g/mol. The molecule has 3 rings (SSSR count). The molecule has 0 radical (unpaired) electrons. The van der Waals surface area contributed by atoms with Crippen molar-refractivity contribution in [3.8, 4) is 0 Å². The Kier molecular flexibility index (Phi) is 3.93. The quantitative estimate of drug-likeness (QED) is 0.868. The highest BCUT2D eigenvalue weighted by Gasteiger charge is 2.43. The molecule has 2 atom stereocenters. The van der Waals surface area contributed by atoms with E-state index < -0.39 is 5.60 Å². The molecule has 1 aromatic rings. The summed E-state index contributed by atoms with van der Waals surface area (Å²) in [5, 5.41) is 11.1. The standard InChI is InChI=1S/C16H21ClN2O2/c1-11-8-14(17)13(9-18-11)15(20)19-7-6-16(21)5-3-2-4-12(16)10-19/h8-9,12,21H,2-7,10H2,1H3. The Morgan fingerprint density at radius 2 is 2.29 bits per heavy atom. The lowest BCUT2D eigenvalue weighted by Crippen LogP contribution is -2.54. The summed E-state index contributed by atoms with van der Waals surface area (Å²) in [7, 11) is 0. The molecule has 1 aromatic heterocycles. The third-order valence-electron chi connectivity index (χ3n) is 4.94. The molecule has 0 spiro atoms. The van der Waals surface area contributed by atoms with Crippen LogP contribution in [-0.2, 0) is 0 Å². The summed E-state index contributed by atoms with van der Waals surface area (Å²) >= 11 is 6.17. The number of carbonyl (C=O) groups excluding carboxylic acids is 1. The van der Waals surface area contributed by atoms with Crippen molar-refractivity contribution in [3.05, 3.63) is 28.5 Å². The van der Waals surface area contributed by atoms with E-state index in [4.69, 9.17) is 11.6 Å². The van der Waals surface area contributed by atoms with E-state index in [2.05, 4.69) is 4.98 Å². The van der Waals surface area contributed by atoms with Crippen molar-refractivity contribution in [2.45, 2.75) is 44.6 Å². The maximum atomic E-state index is 12.6. The van der Waals surface area contributed by atoms with E-state index in [1.54, 1.807) is 12.3 Å². The molecule has 1 saturated carbocycles. The number of rotatable bonds is 1. The Hall–Kier alpha value is -1.13. The summed E-state index contributed by atoms with van der Waals surface area (Å²) in [5.74, 6) is 0.126. The molecule has 21 heavy (non-hydrogen) atoms. The first-order valence-corrected chi connectivity index (χ1v) is 8.01.